The molecule has 0 unspecified atom stereocenters. The first-order chi connectivity index (χ1) is 9.56. The van der Waals surface area contributed by atoms with Gasteiger partial charge >= 0.3 is 0 Å². The van der Waals surface area contributed by atoms with Gasteiger partial charge in [0.25, 0.3) is 5.91 Å². The molecule has 0 aliphatic heterocycles. The molecular weight excluding hydrogens is 252 g/mol. The first-order valence-corrected chi connectivity index (χ1v) is 6.68. The van der Waals surface area contributed by atoms with Gasteiger partial charge in [0, 0.05) is 31.5 Å². The van der Waals surface area contributed by atoms with Crippen molar-refractivity contribution in [3.05, 3.63) is 47.8 Å². The number of amides is 1. The highest BCUT2D eigenvalue weighted by molar-refractivity contribution is 6.03. The Morgan fingerprint density at radius 2 is 2.15 bits per heavy atom. The molecule has 0 saturated heterocycles. The maximum Gasteiger partial charge on any atom is 0.273 e. The molecule has 0 bridgehead atoms. The summed E-state index contributed by atoms with van der Waals surface area (Å²) in [6.07, 6.45) is 1.61. The number of anilines is 1. The molecular formula is C15H20N4O. The number of rotatable bonds is 5. The zero-order chi connectivity index (χ0) is 14.5. The lowest BCUT2D eigenvalue weighted by molar-refractivity contribution is 0.101. The van der Waals surface area contributed by atoms with Crippen LogP contribution in [0.5, 0.6) is 0 Å². The van der Waals surface area contributed by atoms with Crippen LogP contribution in [0.15, 0.2) is 36.5 Å². The molecule has 1 aromatic heterocycles. The van der Waals surface area contributed by atoms with Crippen LogP contribution in [0.1, 0.15) is 29.9 Å². The number of benzene rings is 1. The second-order valence-electron chi connectivity index (χ2n) is 5.03. The lowest BCUT2D eigenvalue weighted by Gasteiger charge is -2.10. The fraction of sp³-hybridized carbons (Fsp3) is 0.333. The Balaban J connectivity index is 2.04. The van der Waals surface area contributed by atoms with Crippen molar-refractivity contribution < 1.29 is 4.79 Å². The fourth-order valence-corrected chi connectivity index (χ4v) is 1.87. The summed E-state index contributed by atoms with van der Waals surface area (Å²) in [5, 5.41) is 10.2. The minimum Gasteiger partial charge on any atom is -0.321 e. The van der Waals surface area contributed by atoms with Gasteiger partial charge in [0.15, 0.2) is 0 Å². The third kappa shape index (κ3) is 3.68. The summed E-state index contributed by atoms with van der Waals surface area (Å²) >= 11 is 0. The van der Waals surface area contributed by atoms with Crippen LogP contribution < -0.4 is 10.6 Å². The molecule has 0 radical (unpaired) electrons. The summed E-state index contributed by atoms with van der Waals surface area (Å²) < 4.78 is 1.56. The van der Waals surface area contributed by atoms with E-state index in [9.17, 15) is 4.79 Å². The lowest BCUT2D eigenvalue weighted by Crippen LogP contribution is -2.22. The van der Waals surface area contributed by atoms with Gasteiger partial charge in [-0.15, -0.1) is 0 Å². The van der Waals surface area contributed by atoms with Crippen molar-refractivity contribution in [1.29, 1.82) is 0 Å². The van der Waals surface area contributed by atoms with Crippen molar-refractivity contribution >= 4 is 11.6 Å². The van der Waals surface area contributed by atoms with Gasteiger partial charge in [0.2, 0.25) is 0 Å². The van der Waals surface area contributed by atoms with Crippen LogP contribution in [0.2, 0.25) is 0 Å². The molecule has 20 heavy (non-hydrogen) atoms. The Labute approximate surface area is 119 Å². The normalized spacial score (nSPS) is 10.8. The summed E-state index contributed by atoms with van der Waals surface area (Å²) in [6.45, 7) is 5.00. The Kier molecular flexibility index (Phi) is 4.53. The van der Waals surface area contributed by atoms with Gasteiger partial charge in [-0.2, -0.15) is 5.10 Å². The summed E-state index contributed by atoms with van der Waals surface area (Å²) in [6, 6.07) is 9.96. The maximum absolute atomic E-state index is 12.1. The van der Waals surface area contributed by atoms with E-state index in [-0.39, 0.29) is 5.91 Å². The Morgan fingerprint density at radius 1 is 1.35 bits per heavy atom. The van der Waals surface area contributed by atoms with Gasteiger partial charge in [0.1, 0.15) is 5.69 Å². The van der Waals surface area contributed by atoms with E-state index in [0.29, 0.717) is 11.7 Å². The minimum atomic E-state index is -0.154. The average molecular weight is 272 g/mol. The van der Waals surface area contributed by atoms with Gasteiger partial charge in [-0.05, 0) is 23.8 Å². The predicted octanol–water partition coefficient (Wildman–Crippen LogP) is 2.17. The van der Waals surface area contributed by atoms with Crippen LogP contribution in [-0.2, 0) is 13.6 Å². The molecule has 2 aromatic rings. The highest BCUT2D eigenvalue weighted by Gasteiger charge is 2.10. The zero-order valence-electron chi connectivity index (χ0n) is 12.1. The largest absolute Gasteiger partial charge is 0.321 e. The fourth-order valence-electron chi connectivity index (χ4n) is 1.87. The van der Waals surface area contributed by atoms with E-state index < -0.39 is 0 Å². The molecule has 1 aromatic carbocycles. The van der Waals surface area contributed by atoms with Gasteiger partial charge in [-0.1, -0.05) is 26.0 Å². The molecule has 0 aliphatic carbocycles. The quantitative estimate of drug-likeness (QED) is 0.877. The average Bonchev–Trinajstić information content (AvgIpc) is 2.83. The molecule has 5 heteroatoms. The number of nitrogens with one attached hydrogen (secondary N) is 2. The first kappa shape index (κ1) is 14.3. The second-order valence-corrected chi connectivity index (χ2v) is 5.03. The monoisotopic (exact) mass is 272 g/mol. The number of hydrogen-bond donors (Lipinski definition) is 2. The lowest BCUT2D eigenvalue weighted by atomic mass is 10.2. The third-order valence-corrected chi connectivity index (χ3v) is 2.95. The highest BCUT2D eigenvalue weighted by Crippen LogP contribution is 2.12. The molecule has 0 spiro atoms. The molecule has 106 valence electrons. The second kappa shape index (κ2) is 6.34. The minimum absolute atomic E-state index is 0.154. The van der Waals surface area contributed by atoms with Gasteiger partial charge < -0.3 is 10.6 Å². The van der Waals surface area contributed by atoms with Crippen LogP contribution in [0.4, 0.5) is 5.69 Å². The molecule has 2 N–H and O–H groups in total. The van der Waals surface area contributed by atoms with Gasteiger partial charge in [0.05, 0.1) is 0 Å². The summed E-state index contributed by atoms with van der Waals surface area (Å²) in [5.74, 6) is -0.154. The van der Waals surface area contributed by atoms with E-state index in [1.54, 1.807) is 24.0 Å². The number of carbonyl (C=O) groups is 1. The number of aromatic nitrogens is 2. The number of aryl methyl sites for hydroxylation is 1. The maximum atomic E-state index is 12.1. The zero-order valence-corrected chi connectivity index (χ0v) is 12.1. The standard InChI is InChI=1S/C15H20N4O/c1-11(2)16-10-12-5-4-6-13(9-12)18-15(20)14-7-8-17-19(14)3/h4-9,11,16H,10H2,1-3H3,(H,18,20). The van der Waals surface area contributed by atoms with Crippen molar-refractivity contribution in [3.63, 3.8) is 0 Å². The van der Waals surface area contributed by atoms with Gasteiger partial charge in [-0.3, -0.25) is 9.48 Å². The van der Waals surface area contributed by atoms with E-state index in [2.05, 4.69) is 29.6 Å². The Morgan fingerprint density at radius 3 is 2.80 bits per heavy atom. The van der Waals surface area contributed by atoms with Crippen LogP contribution >= 0.6 is 0 Å². The summed E-state index contributed by atoms with van der Waals surface area (Å²) in [7, 11) is 1.75. The molecule has 2 rings (SSSR count). The molecule has 0 fully saturated rings. The topological polar surface area (TPSA) is 58.9 Å². The Hall–Kier alpha value is -2.14. The van der Waals surface area contributed by atoms with Crippen molar-refractivity contribution in [2.24, 2.45) is 7.05 Å². The smallest absolute Gasteiger partial charge is 0.273 e. The first-order valence-electron chi connectivity index (χ1n) is 6.68. The highest BCUT2D eigenvalue weighted by atomic mass is 16.2. The molecule has 0 atom stereocenters. The van der Waals surface area contributed by atoms with Crippen molar-refractivity contribution in [1.82, 2.24) is 15.1 Å². The van der Waals surface area contributed by atoms with Gasteiger partial charge in [-0.25, -0.2) is 0 Å². The van der Waals surface area contributed by atoms with Crippen molar-refractivity contribution in [3.8, 4) is 0 Å². The van der Waals surface area contributed by atoms with E-state index >= 15 is 0 Å². The van der Waals surface area contributed by atoms with Crippen LogP contribution in [-0.4, -0.2) is 21.7 Å². The summed E-state index contributed by atoms with van der Waals surface area (Å²) in [4.78, 5) is 12.1. The Bertz CT molecular complexity index is 589. The number of nitrogens with zero attached hydrogens (tertiary/aromatic N) is 2. The SMILES string of the molecule is CC(C)NCc1cccc(NC(=O)c2ccnn2C)c1. The summed E-state index contributed by atoms with van der Waals surface area (Å²) in [5.41, 5.74) is 2.47. The van der Waals surface area contributed by atoms with Crippen LogP contribution in [0.25, 0.3) is 0 Å². The molecule has 1 amide bonds. The van der Waals surface area contributed by atoms with Crippen LogP contribution in [0.3, 0.4) is 0 Å². The van der Waals surface area contributed by atoms with E-state index in [1.165, 1.54) is 0 Å². The molecule has 5 nitrogen and oxygen atoms in total. The number of hydrogen-bond acceptors (Lipinski definition) is 3. The molecule has 1 heterocycles. The number of carbonyl (C=O) groups excluding carboxylic acids is 1. The van der Waals surface area contributed by atoms with E-state index in [4.69, 9.17) is 0 Å². The van der Waals surface area contributed by atoms with E-state index in [1.807, 2.05) is 24.3 Å². The molecule has 0 saturated carbocycles. The van der Waals surface area contributed by atoms with E-state index in [0.717, 1.165) is 17.8 Å². The predicted molar refractivity (Wildman–Crippen MR) is 79.6 cm³/mol. The molecule has 0 aliphatic rings. The third-order valence-electron chi connectivity index (χ3n) is 2.95. The van der Waals surface area contributed by atoms with Crippen molar-refractivity contribution in [2.75, 3.05) is 5.32 Å². The van der Waals surface area contributed by atoms with Crippen molar-refractivity contribution in [2.45, 2.75) is 26.4 Å². The van der Waals surface area contributed by atoms with Crippen LogP contribution in [0, 0.1) is 0 Å².